The van der Waals surface area contributed by atoms with Crippen molar-refractivity contribution in [3.63, 3.8) is 0 Å². The van der Waals surface area contributed by atoms with Crippen LogP contribution in [0.25, 0.3) is 0 Å². The summed E-state index contributed by atoms with van der Waals surface area (Å²) in [6, 6.07) is 4.74. The predicted molar refractivity (Wildman–Crippen MR) is 89.3 cm³/mol. The van der Waals surface area contributed by atoms with Gasteiger partial charge in [0, 0.05) is 26.1 Å². The number of carboxylic acid groups (broad SMARTS) is 1. The van der Waals surface area contributed by atoms with E-state index in [1.165, 1.54) is 17.9 Å². The monoisotopic (exact) mass is 356 g/mol. The van der Waals surface area contributed by atoms with Gasteiger partial charge < -0.3 is 10.0 Å². The summed E-state index contributed by atoms with van der Waals surface area (Å²) in [4.78, 5) is 26.3. The van der Waals surface area contributed by atoms with E-state index < -0.39 is 11.8 Å². The Hall–Kier alpha value is -1.66. The Labute approximate surface area is 146 Å². The van der Waals surface area contributed by atoms with Gasteiger partial charge in [0.2, 0.25) is 5.91 Å². The van der Waals surface area contributed by atoms with E-state index in [9.17, 15) is 14.0 Å². The summed E-state index contributed by atoms with van der Waals surface area (Å²) >= 11 is 5.70. The number of carbonyl (C=O) groups is 2. The van der Waals surface area contributed by atoms with Gasteiger partial charge in [-0.3, -0.25) is 14.5 Å². The fraction of sp³-hybridized carbons (Fsp3) is 0.529. The van der Waals surface area contributed by atoms with Gasteiger partial charge in [-0.05, 0) is 43.5 Å². The van der Waals surface area contributed by atoms with Crippen LogP contribution in [0.5, 0.6) is 0 Å². The topological polar surface area (TPSA) is 60.9 Å². The second-order valence-corrected chi connectivity index (χ2v) is 6.56. The molecular formula is C17H22ClFN2O3. The Morgan fingerprint density at radius 2 is 2.12 bits per heavy atom. The van der Waals surface area contributed by atoms with Crippen LogP contribution in [0, 0.1) is 5.82 Å². The normalized spacial score (nSPS) is 18.9. The maximum atomic E-state index is 13.5. The second kappa shape index (κ2) is 8.44. The van der Waals surface area contributed by atoms with Gasteiger partial charge in [-0.1, -0.05) is 17.7 Å². The lowest BCUT2D eigenvalue weighted by Crippen LogP contribution is -2.42. The number of hydrogen-bond acceptors (Lipinski definition) is 3. The standard InChI is InChI=1S/C17H22ClFN2O3/c1-12(22)21(11-17(23)24)14-3-2-7-20(8-6-14)10-13-4-5-15(18)16(19)9-13/h4-5,9,14H,2-3,6-8,10-11H2,1H3,(H,23,24). The molecule has 0 aliphatic carbocycles. The molecular weight excluding hydrogens is 335 g/mol. The molecule has 1 fully saturated rings. The number of hydrogen-bond donors (Lipinski definition) is 1. The van der Waals surface area contributed by atoms with Gasteiger partial charge in [0.05, 0.1) is 5.02 Å². The van der Waals surface area contributed by atoms with E-state index in [-0.39, 0.29) is 23.5 Å². The van der Waals surface area contributed by atoms with Gasteiger partial charge in [-0.25, -0.2) is 4.39 Å². The molecule has 1 aromatic rings. The van der Waals surface area contributed by atoms with E-state index in [0.717, 1.165) is 31.5 Å². The van der Waals surface area contributed by atoms with E-state index >= 15 is 0 Å². The van der Waals surface area contributed by atoms with Crippen LogP contribution in [0.2, 0.25) is 5.02 Å². The van der Waals surface area contributed by atoms with Crippen molar-refractivity contribution in [2.45, 2.75) is 38.8 Å². The van der Waals surface area contributed by atoms with E-state index in [4.69, 9.17) is 16.7 Å². The fourth-order valence-corrected chi connectivity index (χ4v) is 3.27. The molecule has 24 heavy (non-hydrogen) atoms. The molecule has 1 aliphatic rings. The molecule has 1 unspecified atom stereocenters. The molecule has 0 bridgehead atoms. The molecule has 1 aliphatic heterocycles. The molecule has 7 heteroatoms. The SMILES string of the molecule is CC(=O)N(CC(=O)O)C1CCCN(Cc2ccc(Cl)c(F)c2)CC1. The summed E-state index contributed by atoms with van der Waals surface area (Å²) in [5.41, 5.74) is 0.851. The Balaban J connectivity index is 1.97. The summed E-state index contributed by atoms with van der Waals surface area (Å²) in [5.74, 6) is -1.63. The largest absolute Gasteiger partial charge is 0.480 e. The lowest BCUT2D eigenvalue weighted by molar-refractivity contribution is -0.145. The zero-order valence-corrected chi connectivity index (χ0v) is 14.4. The van der Waals surface area contributed by atoms with Crippen LogP contribution in [0.15, 0.2) is 18.2 Å². The minimum Gasteiger partial charge on any atom is -0.480 e. The van der Waals surface area contributed by atoms with Crippen molar-refractivity contribution in [2.24, 2.45) is 0 Å². The Morgan fingerprint density at radius 3 is 2.75 bits per heavy atom. The number of rotatable bonds is 5. The lowest BCUT2D eigenvalue weighted by atomic mass is 10.1. The Bertz CT molecular complexity index is 611. The molecule has 5 nitrogen and oxygen atoms in total. The summed E-state index contributed by atoms with van der Waals surface area (Å²) in [7, 11) is 0. The molecule has 0 spiro atoms. The van der Waals surface area contributed by atoms with Crippen LogP contribution in [-0.4, -0.2) is 52.5 Å². The molecule has 2 rings (SSSR count). The molecule has 1 amide bonds. The minimum atomic E-state index is -0.997. The van der Waals surface area contributed by atoms with Crippen molar-refractivity contribution in [1.82, 2.24) is 9.80 Å². The lowest BCUT2D eigenvalue weighted by Gasteiger charge is -2.29. The number of amides is 1. The summed E-state index contributed by atoms with van der Waals surface area (Å²) < 4.78 is 13.5. The van der Waals surface area contributed by atoms with Crippen molar-refractivity contribution in [3.8, 4) is 0 Å². The number of aliphatic carboxylic acids is 1. The Morgan fingerprint density at radius 1 is 1.38 bits per heavy atom. The van der Waals surface area contributed by atoms with E-state index in [2.05, 4.69) is 4.90 Å². The molecule has 132 valence electrons. The molecule has 1 heterocycles. The van der Waals surface area contributed by atoms with Gasteiger partial charge in [0.1, 0.15) is 12.4 Å². The average Bonchev–Trinajstić information content (AvgIpc) is 2.74. The van der Waals surface area contributed by atoms with Crippen molar-refractivity contribution in [3.05, 3.63) is 34.6 Å². The number of halogens is 2. The van der Waals surface area contributed by atoms with Crippen LogP contribution in [0.1, 0.15) is 31.7 Å². The van der Waals surface area contributed by atoms with Crippen LogP contribution >= 0.6 is 11.6 Å². The zero-order valence-electron chi connectivity index (χ0n) is 13.7. The first kappa shape index (κ1) is 18.7. The minimum absolute atomic E-state index is 0.0643. The smallest absolute Gasteiger partial charge is 0.323 e. The maximum Gasteiger partial charge on any atom is 0.323 e. The number of carbonyl (C=O) groups excluding carboxylic acids is 1. The first-order valence-corrected chi connectivity index (χ1v) is 8.40. The highest BCUT2D eigenvalue weighted by atomic mass is 35.5. The highest BCUT2D eigenvalue weighted by Gasteiger charge is 2.26. The predicted octanol–water partition coefficient (Wildman–Crippen LogP) is 2.77. The van der Waals surface area contributed by atoms with Gasteiger partial charge >= 0.3 is 5.97 Å². The van der Waals surface area contributed by atoms with Crippen molar-refractivity contribution in [2.75, 3.05) is 19.6 Å². The van der Waals surface area contributed by atoms with E-state index in [1.54, 1.807) is 12.1 Å². The fourth-order valence-electron chi connectivity index (χ4n) is 3.15. The zero-order chi connectivity index (χ0) is 17.7. The van der Waals surface area contributed by atoms with Gasteiger partial charge in [0.15, 0.2) is 0 Å². The number of likely N-dealkylation sites (tertiary alicyclic amines) is 1. The molecule has 1 aromatic carbocycles. The first-order valence-electron chi connectivity index (χ1n) is 8.02. The maximum absolute atomic E-state index is 13.5. The van der Waals surface area contributed by atoms with Gasteiger partial charge in [0.25, 0.3) is 0 Å². The van der Waals surface area contributed by atoms with Gasteiger partial charge in [-0.15, -0.1) is 0 Å². The third-order valence-electron chi connectivity index (χ3n) is 4.33. The number of carboxylic acids is 1. The quantitative estimate of drug-likeness (QED) is 0.881. The molecule has 0 aromatic heterocycles. The molecule has 0 saturated carbocycles. The highest BCUT2D eigenvalue weighted by molar-refractivity contribution is 6.30. The summed E-state index contributed by atoms with van der Waals surface area (Å²) in [6.07, 6.45) is 2.35. The highest BCUT2D eigenvalue weighted by Crippen LogP contribution is 2.21. The van der Waals surface area contributed by atoms with E-state index in [0.29, 0.717) is 13.0 Å². The third kappa shape index (κ3) is 5.18. The molecule has 1 atom stereocenters. The molecule has 1 N–H and O–H groups in total. The number of benzene rings is 1. The van der Waals surface area contributed by atoms with Crippen LogP contribution < -0.4 is 0 Å². The van der Waals surface area contributed by atoms with E-state index in [1.807, 2.05) is 0 Å². The van der Waals surface area contributed by atoms with Crippen molar-refractivity contribution < 1.29 is 19.1 Å². The first-order chi connectivity index (χ1) is 11.4. The summed E-state index contributed by atoms with van der Waals surface area (Å²) in [5, 5.41) is 9.09. The Kier molecular flexibility index (Phi) is 6.57. The van der Waals surface area contributed by atoms with Crippen molar-refractivity contribution >= 4 is 23.5 Å². The third-order valence-corrected chi connectivity index (χ3v) is 4.64. The van der Waals surface area contributed by atoms with Crippen molar-refractivity contribution in [1.29, 1.82) is 0 Å². The molecule has 0 radical (unpaired) electrons. The molecule has 1 saturated heterocycles. The second-order valence-electron chi connectivity index (χ2n) is 6.15. The van der Waals surface area contributed by atoms with Crippen LogP contribution in [0.4, 0.5) is 4.39 Å². The number of nitrogens with zero attached hydrogens (tertiary/aromatic N) is 2. The summed E-state index contributed by atoms with van der Waals surface area (Å²) in [6.45, 7) is 3.32. The van der Waals surface area contributed by atoms with Crippen LogP contribution in [-0.2, 0) is 16.1 Å². The average molecular weight is 357 g/mol. The van der Waals surface area contributed by atoms with Gasteiger partial charge in [-0.2, -0.15) is 0 Å². The van der Waals surface area contributed by atoms with Crippen LogP contribution in [0.3, 0.4) is 0 Å².